The minimum atomic E-state index is -2.98. The summed E-state index contributed by atoms with van der Waals surface area (Å²) in [6, 6.07) is 13.8. The Bertz CT molecular complexity index is 1100. The lowest BCUT2D eigenvalue weighted by atomic mass is 10.1. The number of hydrogen-bond acceptors (Lipinski definition) is 3. The number of rotatable bonds is 7. The van der Waals surface area contributed by atoms with Gasteiger partial charge >= 0.3 is 6.61 Å². The predicted octanol–water partition coefficient (Wildman–Crippen LogP) is 5.46. The molecule has 0 fully saturated rings. The summed E-state index contributed by atoms with van der Waals surface area (Å²) in [7, 11) is 0. The summed E-state index contributed by atoms with van der Waals surface area (Å²) < 4.78 is 30.8. The molecule has 0 atom stereocenters. The SMILES string of the molecule is N#CCCn1cc(/C=C/C(=O)Nc2ccc(OC(F)F)c(Cl)c2)c2ccccc21. The van der Waals surface area contributed by atoms with Crippen molar-refractivity contribution in [3.05, 3.63) is 65.3 Å². The zero-order chi connectivity index (χ0) is 20.8. The van der Waals surface area contributed by atoms with Gasteiger partial charge in [0.05, 0.1) is 17.5 Å². The number of anilines is 1. The van der Waals surface area contributed by atoms with Crippen molar-refractivity contribution in [2.24, 2.45) is 0 Å². The molecule has 0 aliphatic rings. The largest absolute Gasteiger partial charge is 0.433 e. The topological polar surface area (TPSA) is 67.0 Å². The number of alkyl halides is 2. The van der Waals surface area contributed by atoms with Gasteiger partial charge in [0.1, 0.15) is 5.75 Å². The number of fused-ring (bicyclic) bond motifs is 1. The van der Waals surface area contributed by atoms with E-state index in [-0.39, 0.29) is 10.8 Å². The molecule has 1 N–H and O–H groups in total. The molecule has 0 radical (unpaired) electrons. The van der Waals surface area contributed by atoms with Crippen molar-refractivity contribution < 1.29 is 18.3 Å². The highest BCUT2D eigenvalue weighted by Crippen LogP contribution is 2.29. The van der Waals surface area contributed by atoms with Crippen molar-refractivity contribution in [1.82, 2.24) is 4.57 Å². The van der Waals surface area contributed by atoms with E-state index in [0.717, 1.165) is 16.5 Å². The molecule has 8 heteroatoms. The van der Waals surface area contributed by atoms with Gasteiger partial charge in [0.2, 0.25) is 5.91 Å². The first-order valence-corrected chi connectivity index (χ1v) is 9.04. The molecule has 3 aromatic rings. The fourth-order valence-electron chi connectivity index (χ4n) is 2.88. The van der Waals surface area contributed by atoms with E-state index in [1.54, 1.807) is 6.08 Å². The molecule has 1 amide bonds. The van der Waals surface area contributed by atoms with Gasteiger partial charge in [0.25, 0.3) is 0 Å². The van der Waals surface area contributed by atoms with Crippen LogP contribution in [0.4, 0.5) is 14.5 Å². The van der Waals surface area contributed by atoms with Gasteiger partial charge in [-0.3, -0.25) is 4.79 Å². The Morgan fingerprint density at radius 3 is 2.83 bits per heavy atom. The predicted molar refractivity (Wildman–Crippen MR) is 108 cm³/mol. The molecule has 29 heavy (non-hydrogen) atoms. The number of nitrogens with zero attached hydrogens (tertiary/aromatic N) is 2. The quantitative estimate of drug-likeness (QED) is 0.521. The number of carbonyl (C=O) groups excluding carboxylic acids is 1. The molecule has 1 aromatic heterocycles. The number of amides is 1. The first kappa shape index (κ1) is 20.4. The summed E-state index contributed by atoms with van der Waals surface area (Å²) in [4.78, 5) is 12.2. The normalized spacial score (nSPS) is 11.1. The summed E-state index contributed by atoms with van der Waals surface area (Å²) in [6.45, 7) is -2.42. The summed E-state index contributed by atoms with van der Waals surface area (Å²) >= 11 is 5.89. The van der Waals surface area contributed by atoms with E-state index in [0.29, 0.717) is 18.7 Å². The minimum absolute atomic E-state index is 0.0346. The Morgan fingerprint density at radius 1 is 1.31 bits per heavy atom. The highest BCUT2D eigenvalue weighted by atomic mass is 35.5. The Hall–Kier alpha value is -3.37. The second-order valence-corrected chi connectivity index (χ2v) is 6.46. The fourth-order valence-corrected chi connectivity index (χ4v) is 3.11. The molecule has 0 bridgehead atoms. The first-order valence-electron chi connectivity index (χ1n) is 8.66. The van der Waals surface area contributed by atoms with E-state index in [1.165, 1.54) is 24.3 Å². The van der Waals surface area contributed by atoms with Crippen molar-refractivity contribution in [3.63, 3.8) is 0 Å². The average molecular weight is 416 g/mol. The number of halogens is 3. The summed E-state index contributed by atoms with van der Waals surface area (Å²) in [6.07, 6.45) is 5.32. The highest BCUT2D eigenvalue weighted by molar-refractivity contribution is 6.32. The molecule has 1 heterocycles. The second-order valence-electron chi connectivity index (χ2n) is 6.05. The van der Waals surface area contributed by atoms with E-state index in [4.69, 9.17) is 16.9 Å². The number of carbonyl (C=O) groups is 1. The van der Waals surface area contributed by atoms with Crippen LogP contribution in [0.5, 0.6) is 5.75 Å². The third-order valence-electron chi connectivity index (χ3n) is 4.11. The number of nitriles is 1. The maximum absolute atomic E-state index is 12.3. The van der Waals surface area contributed by atoms with Crippen LogP contribution in [-0.2, 0) is 11.3 Å². The fraction of sp³-hybridized carbons (Fsp3) is 0.143. The molecule has 0 aliphatic heterocycles. The Balaban J connectivity index is 1.74. The van der Waals surface area contributed by atoms with Gasteiger partial charge < -0.3 is 14.6 Å². The van der Waals surface area contributed by atoms with Gasteiger partial charge in [-0.15, -0.1) is 0 Å². The number of benzene rings is 2. The van der Waals surface area contributed by atoms with Gasteiger partial charge in [-0.1, -0.05) is 29.8 Å². The van der Waals surface area contributed by atoms with Crippen molar-refractivity contribution in [2.75, 3.05) is 5.32 Å². The van der Waals surface area contributed by atoms with Crippen molar-refractivity contribution >= 4 is 40.2 Å². The molecule has 2 aromatic carbocycles. The summed E-state index contributed by atoms with van der Waals surface area (Å²) in [5.74, 6) is -0.571. The Labute approximate surface area is 170 Å². The molecule has 0 aliphatic carbocycles. The average Bonchev–Trinajstić information content (AvgIpc) is 3.04. The van der Waals surface area contributed by atoms with Crippen LogP contribution in [0.2, 0.25) is 5.02 Å². The molecule has 148 valence electrons. The molecule has 0 saturated heterocycles. The lowest BCUT2D eigenvalue weighted by Crippen LogP contribution is -2.08. The molecule has 5 nitrogen and oxygen atoms in total. The first-order chi connectivity index (χ1) is 14.0. The molecule has 0 spiro atoms. The van der Waals surface area contributed by atoms with Gasteiger partial charge in [-0.25, -0.2) is 0 Å². The highest BCUT2D eigenvalue weighted by Gasteiger charge is 2.10. The summed E-state index contributed by atoms with van der Waals surface area (Å²) in [5, 5.41) is 12.4. The van der Waals surface area contributed by atoms with Gasteiger partial charge in [0, 0.05) is 41.0 Å². The second kappa shape index (κ2) is 9.22. The maximum atomic E-state index is 12.3. The van der Waals surface area contributed by atoms with Crippen molar-refractivity contribution in [2.45, 2.75) is 19.6 Å². The van der Waals surface area contributed by atoms with Crippen LogP contribution < -0.4 is 10.1 Å². The van der Waals surface area contributed by atoms with Crippen LogP contribution >= 0.6 is 11.6 Å². The van der Waals surface area contributed by atoms with Gasteiger partial charge in [-0.2, -0.15) is 14.0 Å². The number of nitrogens with one attached hydrogen (secondary N) is 1. The third-order valence-corrected chi connectivity index (χ3v) is 4.41. The monoisotopic (exact) mass is 415 g/mol. The van der Waals surface area contributed by atoms with E-state index >= 15 is 0 Å². The van der Waals surface area contributed by atoms with Crippen molar-refractivity contribution in [3.8, 4) is 11.8 Å². The zero-order valence-electron chi connectivity index (χ0n) is 15.1. The van der Waals surface area contributed by atoms with Crippen LogP contribution in [0, 0.1) is 11.3 Å². The number of aromatic nitrogens is 1. The maximum Gasteiger partial charge on any atom is 0.387 e. The van der Waals surface area contributed by atoms with Crippen LogP contribution in [0.15, 0.2) is 54.7 Å². The molecule has 3 rings (SSSR count). The van der Waals surface area contributed by atoms with Gasteiger partial charge in [-0.05, 0) is 30.3 Å². The van der Waals surface area contributed by atoms with Crippen LogP contribution in [0.25, 0.3) is 17.0 Å². The third kappa shape index (κ3) is 5.12. The van der Waals surface area contributed by atoms with Crippen LogP contribution in [-0.4, -0.2) is 17.1 Å². The molecule has 0 saturated carbocycles. The Kier molecular flexibility index (Phi) is 6.47. The van der Waals surface area contributed by atoms with Crippen molar-refractivity contribution in [1.29, 1.82) is 5.26 Å². The van der Waals surface area contributed by atoms with Crippen LogP contribution in [0.3, 0.4) is 0 Å². The van der Waals surface area contributed by atoms with E-state index in [1.807, 2.05) is 35.0 Å². The molecule has 0 unspecified atom stereocenters. The van der Waals surface area contributed by atoms with E-state index < -0.39 is 12.5 Å². The Morgan fingerprint density at radius 2 is 2.10 bits per heavy atom. The lowest BCUT2D eigenvalue weighted by molar-refractivity contribution is -0.111. The minimum Gasteiger partial charge on any atom is -0.433 e. The van der Waals surface area contributed by atoms with Gasteiger partial charge in [0.15, 0.2) is 0 Å². The number of ether oxygens (including phenoxy) is 1. The van der Waals surface area contributed by atoms with E-state index in [9.17, 15) is 13.6 Å². The summed E-state index contributed by atoms with van der Waals surface area (Å²) in [5.41, 5.74) is 2.17. The number of aryl methyl sites for hydroxylation is 1. The smallest absolute Gasteiger partial charge is 0.387 e. The van der Waals surface area contributed by atoms with E-state index in [2.05, 4.69) is 16.1 Å². The standard InChI is InChI=1S/C21H16ClF2N3O2/c22-17-12-15(7-8-19(17)29-21(23)24)26-20(28)9-6-14-13-27(11-3-10-25)18-5-2-1-4-16(14)18/h1-2,4-9,12-13,21H,3,11H2,(H,26,28)/b9-6+. The number of para-hydroxylation sites is 1. The molecular weight excluding hydrogens is 400 g/mol. The number of hydrogen-bond donors (Lipinski definition) is 1. The molecular formula is C21H16ClF2N3O2. The van der Waals surface area contributed by atoms with Crippen LogP contribution in [0.1, 0.15) is 12.0 Å². The zero-order valence-corrected chi connectivity index (χ0v) is 15.9. The lowest BCUT2D eigenvalue weighted by Gasteiger charge is -2.08.